The zero-order valence-corrected chi connectivity index (χ0v) is 20.4. The number of hydrogen-bond donors (Lipinski definition) is 2. The minimum atomic E-state index is -0.447. The fourth-order valence-corrected chi connectivity index (χ4v) is 7.14. The molecule has 1 aromatic carbocycles. The fraction of sp³-hybridized carbons (Fsp3) is 0.444. The summed E-state index contributed by atoms with van der Waals surface area (Å²) in [6, 6.07) is 13.2. The van der Waals surface area contributed by atoms with Gasteiger partial charge in [0.05, 0.1) is 12.1 Å². The minimum Gasteiger partial charge on any atom is -0.396 e. The van der Waals surface area contributed by atoms with Crippen molar-refractivity contribution in [3.8, 4) is 11.1 Å². The van der Waals surface area contributed by atoms with E-state index in [1.807, 2.05) is 46.3 Å². The van der Waals surface area contributed by atoms with Gasteiger partial charge in [0.2, 0.25) is 5.91 Å². The molecule has 2 N–H and O–H groups in total. The van der Waals surface area contributed by atoms with Crippen LogP contribution >= 0.6 is 11.3 Å². The number of hydrogen-bond acceptors (Lipinski definition) is 6. The molecular weight excluding hydrogens is 460 g/mol. The molecule has 0 radical (unpaired) electrons. The zero-order chi connectivity index (χ0) is 23.9. The second-order valence-electron chi connectivity index (χ2n) is 10.0. The summed E-state index contributed by atoms with van der Waals surface area (Å²) >= 11 is 1.39. The van der Waals surface area contributed by atoms with Gasteiger partial charge in [-0.2, -0.15) is 0 Å². The number of aliphatic hydroxyl groups is 1. The summed E-state index contributed by atoms with van der Waals surface area (Å²) in [6.07, 6.45) is 6.46. The van der Waals surface area contributed by atoms with Crippen LogP contribution in [0.4, 0.5) is 5.13 Å². The number of likely N-dealkylation sites (tertiary alicyclic amines) is 1. The van der Waals surface area contributed by atoms with Gasteiger partial charge in [-0.05, 0) is 36.5 Å². The van der Waals surface area contributed by atoms with Crippen LogP contribution in [-0.2, 0) is 11.3 Å². The van der Waals surface area contributed by atoms with E-state index in [0.29, 0.717) is 23.2 Å². The predicted molar refractivity (Wildman–Crippen MR) is 136 cm³/mol. The number of anilines is 1. The van der Waals surface area contributed by atoms with Crippen molar-refractivity contribution in [3.05, 3.63) is 70.1 Å². The van der Waals surface area contributed by atoms with Gasteiger partial charge in [0.15, 0.2) is 5.13 Å². The maximum atomic E-state index is 13.6. The largest absolute Gasteiger partial charge is 0.396 e. The second kappa shape index (κ2) is 9.33. The molecule has 7 nitrogen and oxygen atoms in total. The van der Waals surface area contributed by atoms with Gasteiger partial charge in [0.25, 0.3) is 5.56 Å². The van der Waals surface area contributed by atoms with Crippen molar-refractivity contribution in [3.63, 3.8) is 0 Å². The number of aromatic nitrogens is 2. The molecule has 35 heavy (non-hydrogen) atoms. The van der Waals surface area contributed by atoms with Crippen molar-refractivity contribution in [2.45, 2.75) is 44.3 Å². The Labute approximate surface area is 208 Å². The van der Waals surface area contributed by atoms with Gasteiger partial charge >= 0.3 is 0 Å². The molecule has 8 heteroatoms. The molecule has 2 aliphatic heterocycles. The van der Waals surface area contributed by atoms with Gasteiger partial charge < -0.3 is 15.0 Å². The third-order valence-corrected chi connectivity index (χ3v) is 8.84. The lowest BCUT2D eigenvalue weighted by molar-refractivity contribution is -0.122. The first-order valence-electron chi connectivity index (χ1n) is 12.5. The number of amides is 1. The van der Waals surface area contributed by atoms with Gasteiger partial charge in [-0.3, -0.25) is 14.5 Å². The number of carbonyl (C=O) groups excluding carboxylic acids is 1. The molecular formula is C27H30N4O3S. The number of pyridine rings is 1. The van der Waals surface area contributed by atoms with E-state index >= 15 is 0 Å². The first kappa shape index (κ1) is 22.6. The molecule has 1 aliphatic carbocycles. The lowest BCUT2D eigenvalue weighted by atomic mass is 9.88. The number of thiazole rings is 1. The Morgan fingerprint density at radius 3 is 2.66 bits per heavy atom. The van der Waals surface area contributed by atoms with Crippen LogP contribution in [0.25, 0.3) is 11.1 Å². The Hall–Kier alpha value is -2.81. The van der Waals surface area contributed by atoms with Crippen LogP contribution in [0.15, 0.2) is 58.8 Å². The van der Waals surface area contributed by atoms with Crippen molar-refractivity contribution in [2.24, 2.45) is 17.8 Å². The Bertz CT molecular complexity index is 1250. The maximum Gasteiger partial charge on any atom is 0.258 e. The summed E-state index contributed by atoms with van der Waals surface area (Å²) in [7, 11) is 0. The summed E-state index contributed by atoms with van der Waals surface area (Å²) < 4.78 is 1.89. The highest BCUT2D eigenvalue weighted by Gasteiger charge is 2.56. The molecule has 3 aliphatic rings. The number of carbonyl (C=O) groups is 1. The number of aliphatic hydroxyl groups excluding tert-OH is 1. The topological polar surface area (TPSA) is 87.5 Å². The summed E-state index contributed by atoms with van der Waals surface area (Å²) in [6.45, 7) is 1.24. The lowest BCUT2D eigenvalue weighted by Gasteiger charge is -2.32. The highest BCUT2D eigenvalue weighted by Crippen LogP contribution is 2.50. The fourth-order valence-electron chi connectivity index (χ4n) is 6.61. The number of nitrogens with zero attached hydrogens (tertiary/aromatic N) is 3. The van der Waals surface area contributed by atoms with Crippen molar-refractivity contribution in [1.29, 1.82) is 0 Å². The van der Waals surface area contributed by atoms with E-state index in [-0.39, 0.29) is 36.0 Å². The molecule has 182 valence electrons. The van der Waals surface area contributed by atoms with Crippen molar-refractivity contribution in [1.82, 2.24) is 14.5 Å². The molecule has 1 saturated heterocycles. The zero-order valence-electron chi connectivity index (χ0n) is 19.5. The molecule has 1 saturated carbocycles. The summed E-state index contributed by atoms with van der Waals surface area (Å²) in [5.74, 6) is 0.182. The molecule has 0 unspecified atom stereocenters. The third kappa shape index (κ3) is 3.93. The van der Waals surface area contributed by atoms with Crippen LogP contribution in [-0.4, -0.2) is 44.7 Å². The average molecular weight is 491 g/mol. The van der Waals surface area contributed by atoms with Crippen LogP contribution in [0.2, 0.25) is 0 Å². The normalized spacial score (nSPS) is 26.1. The first-order valence-corrected chi connectivity index (χ1v) is 13.4. The molecule has 4 atom stereocenters. The van der Waals surface area contributed by atoms with E-state index in [1.54, 1.807) is 6.20 Å². The smallest absolute Gasteiger partial charge is 0.258 e. The molecule has 6 rings (SSSR count). The van der Waals surface area contributed by atoms with Gasteiger partial charge in [-0.1, -0.05) is 43.2 Å². The van der Waals surface area contributed by atoms with Crippen LogP contribution in [0, 0.1) is 17.8 Å². The molecule has 0 spiro atoms. The quantitative estimate of drug-likeness (QED) is 0.549. The van der Waals surface area contributed by atoms with Crippen LogP contribution < -0.4 is 10.9 Å². The second-order valence-corrected chi connectivity index (χ2v) is 10.9. The number of benzene rings is 1. The number of nitrogens with one attached hydrogen (secondary N) is 1. The third-order valence-electron chi connectivity index (χ3n) is 8.15. The van der Waals surface area contributed by atoms with E-state index in [1.165, 1.54) is 24.2 Å². The van der Waals surface area contributed by atoms with Gasteiger partial charge in [0.1, 0.15) is 0 Å². The number of rotatable bonds is 6. The van der Waals surface area contributed by atoms with E-state index < -0.39 is 6.04 Å². The standard InChI is InChI=1S/C27H30N4O3S/c32-16-21-20-15-30-22(11-10-19(26(30)34)18-8-2-1-3-9-18)23(20)31(14-17-6-4-5-7-17)24(21)25(33)29-27-28-12-13-35-27/h1-3,8-13,17,20-21,23-24,32H,4-7,14-16H2,(H,28,29,33)/t20-,21-,23+,24-/m1/s1. The summed E-state index contributed by atoms with van der Waals surface area (Å²) in [5, 5.41) is 15.9. The van der Waals surface area contributed by atoms with E-state index in [2.05, 4.69) is 21.3 Å². The minimum absolute atomic E-state index is 0.00407. The van der Waals surface area contributed by atoms with Gasteiger partial charge in [-0.15, -0.1) is 11.3 Å². The first-order chi connectivity index (χ1) is 17.2. The highest BCUT2D eigenvalue weighted by atomic mass is 32.1. The molecule has 3 aromatic rings. The SMILES string of the molecule is O=C(Nc1nccs1)[C@H]1[C@H](CO)[C@H]2Cn3c(ccc(-c4ccccc4)c3=O)[C@H]2N1CC1CCCC1. The van der Waals surface area contributed by atoms with Crippen LogP contribution in [0.3, 0.4) is 0 Å². The number of fused-ring (bicyclic) bond motifs is 3. The Morgan fingerprint density at radius 1 is 1.14 bits per heavy atom. The van der Waals surface area contributed by atoms with E-state index in [0.717, 1.165) is 30.6 Å². The molecule has 2 aromatic heterocycles. The van der Waals surface area contributed by atoms with Gasteiger partial charge in [0, 0.05) is 54.4 Å². The Morgan fingerprint density at radius 2 is 1.94 bits per heavy atom. The maximum absolute atomic E-state index is 13.6. The molecule has 0 bridgehead atoms. The lowest BCUT2D eigenvalue weighted by Crippen LogP contribution is -2.47. The van der Waals surface area contributed by atoms with Crippen molar-refractivity contribution >= 4 is 22.4 Å². The van der Waals surface area contributed by atoms with Crippen LogP contribution in [0.1, 0.15) is 37.4 Å². The van der Waals surface area contributed by atoms with Crippen molar-refractivity contribution < 1.29 is 9.90 Å². The van der Waals surface area contributed by atoms with Crippen molar-refractivity contribution in [2.75, 3.05) is 18.5 Å². The molecule has 1 amide bonds. The van der Waals surface area contributed by atoms with Gasteiger partial charge in [-0.25, -0.2) is 4.98 Å². The highest BCUT2D eigenvalue weighted by molar-refractivity contribution is 7.13. The Kier molecular flexibility index (Phi) is 6.04. The molecule has 4 heterocycles. The van der Waals surface area contributed by atoms with E-state index in [9.17, 15) is 14.7 Å². The predicted octanol–water partition coefficient (Wildman–Crippen LogP) is 3.76. The van der Waals surface area contributed by atoms with E-state index in [4.69, 9.17) is 0 Å². The van der Waals surface area contributed by atoms with Crippen LogP contribution in [0.5, 0.6) is 0 Å². The monoisotopic (exact) mass is 490 g/mol. The Balaban J connectivity index is 1.39. The molecule has 2 fully saturated rings. The summed E-state index contributed by atoms with van der Waals surface area (Å²) in [5.41, 5.74) is 2.56. The summed E-state index contributed by atoms with van der Waals surface area (Å²) in [4.78, 5) is 33.6. The average Bonchev–Trinajstić information content (AvgIpc) is 3.66.